The van der Waals surface area contributed by atoms with Gasteiger partial charge in [-0.2, -0.15) is 0 Å². The molecular formula is C23H21N3O4. The van der Waals surface area contributed by atoms with E-state index in [1.807, 2.05) is 0 Å². The number of anilines is 2. The molecular weight excluding hydrogens is 382 g/mol. The van der Waals surface area contributed by atoms with Crippen LogP contribution in [0.2, 0.25) is 0 Å². The first kappa shape index (κ1) is 20.6. The smallest absolute Gasteiger partial charge is 0.337 e. The lowest BCUT2D eigenvalue weighted by molar-refractivity contribution is 0.0600. The van der Waals surface area contributed by atoms with E-state index in [1.165, 1.54) is 19.2 Å². The highest BCUT2D eigenvalue weighted by atomic mass is 16.5. The van der Waals surface area contributed by atoms with Gasteiger partial charge in [0, 0.05) is 17.7 Å². The van der Waals surface area contributed by atoms with Crippen molar-refractivity contribution in [3.8, 4) is 0 Å². The van der Waals surface area contributed by atoms with Gasteiger partial charge in [0.2, 0.25) is 0 Å². The number of nitrogens with one attached hydrogen (secondary N) is 2. The zero-order valence-corrected chi connectivity index (χ0v) is 16.3. The van der Waals surface area contributed by atoms with Gasteiger partial charge in [-0.1, -0.05) is 24.3 Å². The van der Waals surface area contributed by atoms with Gasteiger partial charge >= 0.3 is 5.97 Å². The van der Waals surface area contributed by atoms with Crippen LogP contribution >= 0.6 is 0 Å². The van der Waals surface area contributed by atoms with Crippen LogP contribution in [0.4, 0.5) is 11.4 Å². The molecule has 0 heterocycles. The quantitative estimate of drug-likeness (QED) is 0.432. The van der Waals surface area contributed by atoms with Crippen LogP contribution in [-0.4, -0.2) is 24.9 Å². The lowest BCUT2D eigenvalue weighted by Gasteiger charge is -2.09. The Morgan fingerprint density at radius 3 is 2.00 bits per heavy atom. The molecule has 7 heteroatoms. The average molecular weight is 403 g/mol. The third-order valence-electron chi connectivity index (χ3n) is 4.45. The van der Waals surface area contributed by atoms with Gasteiger partial charge in [0.1, 0.15) is 0 Å². The van der Waals surface area contributed by atoms with Crippen molar-refractivity contribution in [2.24, 2.45) is 0 Å². The maximum atomic E-state index is 12.4. The van der Waals surface area contributed by atoms with E-state index in [0.717, 1.165) is 5.56 Å². The van der Waals surface area contributed by atoms with Crippen LogP contribution in [0, 0.1) is 0 Å². The highest BCUT2D eigenvalue weighted by Crippen LogP contribution is 2.18. The van der Waals surface area contributed by atoms with E-state index in [0.29, 0.717) is 34.6 Å². The third kappa shape index (κ3) is 5.02. The lowest BCUT2D eigenvalue weighted by atomic mass is 10.1. The fourth-order valence-electron chi connectivity index (χ4n) is 2.74. The van der Waals surface area contributed by atoms with Crippen LogP contribution in [0.15, 0.2) is 72.8 Å². The molecule has 0 saturated carbocycles. The van der Waals surface area contributed by atoms with Crippen molar-refractivity contribution in [1.29, 1.82) is 0 Å². The Kier molecular flexibility index (Phi) is 6.44. The Balaban J connectivity index is 1.56. The summed E-state index contributed by atoms with van der Waals surface area (Å²) in [5.41, 5.74) is 9.00. The Hall–Kier alpha value is -4.13. The average Bonchev–Trinajstić information content (AvgIpc) is 2.78. The Morgan fingerprint density at radius 2 is 1.37 bits per heavy atom. The minimum atomic E-state index is -0.457. The molecule has 3 aromatic carbocycles. The number of hydrogen-bond acceptors (Lipinski definition) is 5. The van der Waals surface area contributed by atoms with Gasteiger partial charge in [-0.15, -0.1) is 0 Å². The number of ether oxygens (including phenoxy) is 1. The normalized spacial score (nSPS) is 10.2. The zero-order chi connectivity index (χ0) is 21.5. The fourth-order valence-corrected chi connectivity index (χ4v) is 2.74. The Bertz CT molecular complexity index is 1060. The highest BCUT2D eigenvalue weighted by molar-refractivity contribution is 6.05. The molecule has 0 aromatic heterocycles. The molecule has 0 saturated heterocycles. The summed E-state index contributed by atoms with van der Waals surface area (Å²) >= 11 is 0. The summed E-state index contributed by atoms with van der Waals surface area (Å²) in [6, 6.07) is 20.1. The summed E-state index contributed by atoms with van der Waals surface area (Å²) in [5.74, 6) is -0.997. The van der Waals surface area contributed by atoms with E-state index >= 15 is 0 Å². The molecule has 0 spiro atoms. The van der Waals surface area contributed by atoms with Crippen molar-refractivity contribution in [2.75, 3.05) is 18.2 Å². The van der Waals surface area contributed by atoms with Crippen LogP contribution in [0.1, 0.15) is 36.6 Å². The predicted molar refractivity (Wildman–Crippen MR) is 114 cm³/mol. The number of hydrogen-bond donors (Lipinski definition) is 3. The number of carbonyl (C=O) groups excluding carboxylic acids is 3. The summed E-state index contributed by atoms with van der Waals surface area (Å²) < 4.78 is 4.63. The van der Waals surface area contributed by atoms with Gasteiger partial charge < -0.3 is 21.1 Å². The Morgan fingerprint density at radius 1 is 0.800 bits per heavy atom. The number of carbonyl (C=O) groups is 3. The topological polar surface area (TPSA) is 111 Å². The summed E-state index contributed by atoms with van der Waals surface area (Å²) in [4.78, 5) is 36.1. The summed E-state index contributed by atoms with van der Waals surface area (Å²) in [6.45, 7) is 0.297. The first-order valence-corrected chi connectivity index (χ1v) is 9.19. The number of amides is 2. The first-order valence-electron chi connectivity index (χ1n) is 9.19. The lowest BCUT2D eigenvalue weighted by Crippen LogP contribution is -2.23. The minimum absolute atomic E-state index is 0.269. The van der Waals surface area contributed by atoms with Gasteiger partial charge in [-0.25, -0.2) is 4.79 Å². The molecule has 0 aliphatic carbocycles. The molecule has 3 rings (SSSR count). The van der Waals surface area contributed by atoms with Gasteiger partial charge in [0.25, 0.3) is 11.8 Å². The maximum Gasteiger partial charge on any atom is 0.337 e. The van der Waals surface area contributed by atoms with E-state index < -0.39 is 5.97 Å². The van der Waals surface area contributed by atoms with Crippen molar-refractivity contribution in [1.82, 2.24) is 5.32 Å². The zero-order valence-electron chi connectivity index (χ0n) is 16.3. The molecule has 0 radical (unpaired) electrons. The van der Waals surface area contributed by atoms with Crippen LogP contribution < -0.4 is 16.4 Å². The number of esters is 1. The van der Waals surface area contributed by atoms with E-state index in [4.69, 9.17) is 5.73 Å². The summed E-state index contributed by atoms with van der Waals surface area (Å²) in [6.07, 6.45) is 0. The number of benzene rings is 3. The number of methoxy groups -OCH3 is 1. The van der Waals surface area contributed by atoms with Crippen molar-refractivity contribution in [3.05, 3.63) is 95.1 Å². The SMILES string of the molecule is COC(=O)c1ccc(C(=O)NCc2ccc(C(=O)Nc3ccccc3N)cc2)cc1. The van der Waals surface area contributed by atoms with E-state index in [2.05, 4.69) is 15.4 Å². The first-order chi connectivity index (χ1) is 14.5. The van der Waals surface area contributed by atoms with Crippen LogP contribution in [0.3, 0.4) is 0 Å². The second-order valence-corrected chi connectivity index (χ2v) is 6.49. The standard InChI is InChI=1S/C23H21N3O4/c1-30-23(29)18-12-10-16(11-13-18)21(27)25-14-15-6-8-17(9-7-15)22(28)26-20-5-3-2-4-19(20)24/h2-13H,14,24H2,1H3,(H,25,27)(H,26,28). The molecule has 0 bridgehead atoms. The largest absolute Gasteiger partial charge is 0.465 e. The van der Waals surface area contributed by atoms with Gasteiger partial charge in [0.05, 0.1) is 24.0 Å². The second kappa shape index (κ2) is 9.38. The van der Waals surface area contributed by atoms with Crippen molar-refractivity contribution >= 4 is 29.2 Å². The van der Waals surface area contributed by atoms with Crippen molar-refractivity contribution in [3.63, 3.8) is 0 Å². The number of para-hydroxylation sites is 2. The van der Waals surface area contributed by atoms with Gasteiger partial charge in [-0.05, 0) is 54.1 Å². The number of rotatable bonds is 6. The summed E-state index contributed by atoms with van der Waals surface area (Å²) in [5, 5.41) is 5.57. The van der Waals surface area contributed by atoms with Gasteiger partial charge in [-0.3, -0.25) is 9.59 Å². The second-order valence-electron chi connectivity index (χ2n) is 6.49. The van der Waals surface area contributed by atoms with Crippen LogP contribution in [0.5, 0.6) is 0 Å². The molecule has 7 nitrogen and oxygen atoms in total. The number of nitrogens with two attached hydrogens (primary N) is 1. The highest BCUT2D eigenvalue weighted by Gasteiger charge is 2.10. The molecule has 0 aliphatic rings. The molecule has 30 heavy (non-hydrogen) atoms. The Labute approximate surface area is 173 Å². The molecule has 4 N–H and O–H groups in total. The predicted octanol–water partition coefficient (Wildman–Crippen LogP) is 3.24. The molecule has 3 aromatic rings. The molecule has 0 unspecified atom stereocenters. The van der Waals surface area contributed by atoms with Crippen LogP contribution in [-0.2, 0) is 11.3 Å². The minimum Gasteiger partial charge on any atom is -0.465 e. The van der Waals surface area contributed by atoms with Gasteiger partial charge in [0.15, 0.2) is 0 Å². The maximum absolute atomic E-state index is 12.4. The van der Waals surface area contributed by atoms with Crippen LogP contribution in [0.25, 0.3) is 0 Å². The fraction of sp³-hybridized carbons (Fsp3) is 0.0870. The monoisotopic (exact) mass is 403 g/mol. The summed E-state index contributed by atoms with van der Waals surface area (Å²) in [7, 11) is 1.30. The van der Waals surface area contributed by atoms with E-state index in [1.54, 1.807) is 60.7 Å². The van der Waals surface area contributed by atoms with Crippen molar-refractivity contribution in [2.45, 2.75) is 6.54 Å². The van der Waals surface area contributed by atoms with E-state index in [9.17, 15) is 14.4 Å². The molecule has 0 atom stereocenters. The molecule has 2 amide bonds. The van der Waals surface area contributed by atoms with Crippen molar-refractivity contribution < 1.29 is 19.1 Å². The van der Waals surface area contributed by atoms with E-state index in [-0.39, 0.29) is 11.8 Å². The molecule has 0 fully saturated rings. The molecule has 0 aliphatic heterocycles. The third-order valence-corrected chi connectivity index (χ3v) is 4.45. The molecule has 152 valence electrons. The number of nitrogen functional groups attached to an aromatic ring is 1.